The van der Waals surface area contributed by atoms with Crippen molar-refractivity contribution in [3.05, 3.63) is 57.4 Å². The molecule has 0 saturated carbocycles. The van der Waals surface area contributed by atoms with Gasteiger partial charge in [0.15, 0.2) is 11.2 Å². The maximum absolute atomic E-state index is 12.7. The van der Waals surface area contributed by atoms with Crippen LogP contribution in [0.15, 0.2) is 46.1 Å². The highest BCUT2D eigenvalue weighted by Gasteiger charge is 2.21. The van der Waals surface area contributed by atoms with Gasteiger partial charge in [0.1, 0.15) is 0 Å². The Morgan fingerprint density at radius 1 is 1.11 bits per heavy atom. The van der Waals surface area contributed by atoms with E-state index < -0.39 is 24.0 Å². The number of nitrogens with zero attached hydrogens (tertiary/aromatic N) is 5. The Hall–Kier alpha value is -3.17. The molecule has 9 heteroatoms. The van der Waals surface area contributed by atoms with E-state index in [1.165, 1.54) is 11.6 Å². The first-order valence-electron chi connectivity index (χ1n) is 8.45. The van der Waals surface area contributed by atoms with Crippen LogP contribution in [-0.4, -0.2) is 46.0 Å². The number of aliphatic hydroxyl groups is 2. The molecule has 9 nitrogen and oxygen atoms in total. The predicted molar refractivity (Wildman–Crippen MR) is 99.7 cm³/mol. The molecule has 4 aromatic rings. The molecule has 0 aliphatic carbocycles. The van der Waals surface area contributed by atoms with Gasteiger partial charge in [-0.05, 0) is 5.56 Å². The number of aromatic nitrogens is 5. The molecule has 3 heterocycles. The summed E-state index contributed by atoms with van der Waals surface area (Å²) in [6, 6.07) is 9.49. The first-order chi connectivity index (χ1) is 12.9. The Labute approximate surface area is 153 Å². The summed E-state index contributed by atoms with van der Waals surface area (Å²) in [5, 5.41) is 19.3. The molecule has 0 aliphatic heterocycles. The van der Waals surface area contributed by atoms with Gasteiger partial charge in [-0.1, -0.05) is 30.3 Å². The molecule has 0 bridgehead atoms. The molecular weight excluding hydrogens is 350 g/mol. The summed E-state index contributed by atoms with van der Waals surface area (Å²) in [5.74, 6) is 0.412. The van der Waals surface area contributed by atoms with Crippen molar-refractivity contribution >= 4 is 16.9 Å². The third-order valence-corrected chi connectivity index (χ3v) is 4.73. The van der Waals surface area contributed by atoms with E-state index in [1.54, 1.807) is 22.2 Å². The maximum Gasteiger partial charge on any atom is 0.332 e. The van der Waals surface area contributed by atoms with E-state index in [0.29, 0.717) is 5.78 Å². The van der Waals surface area contributed by atoms with Crippen LogP contribution in [0.3, 0.4) is 0 Å². The molecule has 0 spiro atoms. The molecule has 0 saturated heterocycles. The van der Waals surface area contributed by atoms with Crippen molar-refractivity contribution in [2.75, 3.05) is 6.61 Å². The third kappa shape index (κ3) is 2.51. The summed E-state index contributed by atoms with van der Waals surface area (Å²) in [6.07, 6.45) is 0.769. The van der Waals surface area contributed by atoms with Gasteiger partial charge in [-0.2, -0.15) is 4.98 Å². The smallest absolute Gasteiger partial charge is 0.332 e. The van der Waals surface area contributed by atoms with Crippen molar-refractivity contribution in [1.82, 2.24) is 23.1 Å². The quantitative estimate of drug-likeness (QED) is 0.514. The Balaban J connectivity index is 2.12. The van der Waals surface area contributed by atoms with Crippen LogP contribution < -0.4 is 11.2 Å². The number of hydrogen-bond acceptors (Lipinski definition) is 5. The SMILES string of the molecule is Cn1c(=O)c2c(nc3n(C[C@@H](O)CO)c(-c4ccccc4)cn23)n(C)c1=O. The van der Waals surface area contributed by atoms with E-state index >= 15 is 0 Å². The second-order valence-corrected chi connectivity index (χ2v) is 6.49. The molecule has 2 N–H and O–H groups in total. The summed E-state index contributed by atoms with van der Waals surface area (Å²) in [5.41, 5.74) is 1.26. The van der Waals surface area contributed by atoms with Gasteiger partial charge in [0.2, 0.25) is 5.78 Å². The molecule has 3 aromatic heterocycles. The molecule has 0 radical (unpaired) electrons. The van der Waals surface area contributed by atoms with Gasteiger partial charge in [-0.25, -0.2) is 4.79 Å². The molecule has 27 heavy (non-hydrogen) atoms. The Morgan fingerprint density at radius 3 is 2.48 bits per heavy atom. The normalized spacial score (nSPS) is 12.9. The van der Waals surface area contributed by atoms with Gasteiger partial charge in [0.05, 0.1) is 24.9 Å². The van der Waals surface area contributed by atoms with E-state index in [1.807, 2.05) is 30.3 Å². The molecule has 4 rings (SSSR count). The highest BCUT2D eigenvalue weighted by Crippen LogP contribution is 2.25. The van der Waals surface area contributed by atoms with Gasteiger partial charge in [-0.15, -0.1) is 0 Å². The molecule has 0 fully saturated rings. The Bertz CT molecular complexity index is 1260. The average molecular weight is 369 g/mol. The fourth-order valence-corrected chi connectivity index (χ4v) is 3.30. The van der Waals surface area contributed by atoms with Gasteiger partial charge < -0.3 is 14.8 Å². The van der Waals surface area contributed by atoms with Crippen LogP contribution in [0.25, 0.3) is 28.2 Å². The lowest BCUT2D eigenvalue weighted by molar-refractivity contribution is 0.0823. The van der Waals surface area contributed by atoms with Crippen molar-refractivity contribution in [2.24, 2.45) is 14.1 Å². The molecule has 0 aliphatic rings. The van der Waals surface area contributed by atoms with Crippen molar-refractivity contribution in [1.29, 1.82) is 0 Å². The molecule has 0 unspecified atom stereocenters. The van der Waals surface area contributed by atoms with Crippen LogP contribution in [0, 0.1) is 0 Å². The molecule has 0 amide bonds. The predicted octanol–water partition coefficient (Wildman–Crippen LogP) is -0.293. The first-order valence-corrected chi connectivity index (χ1v) is 8.45. The van der Waals surface area contributed by atoms with E-state index in [2.05, 4.69) is 4.98 Å². The minimum Gasteiger partial charge on any atom is -0.394 e. The number of imidazole rings is 2. The lowest BCUT2D eigenvalue weighted by Crippen LogP contribution is -2.37. The van der Waals surface area contributed by atoms with E-state index in [9.17, 15) is 19.8 Å². The standard InChI is InChI=1S/C18H19N5O4/c1-20-15-14(16(26)21(2)18(20)27)23-9-13(11-6-4-3-5-7-11)22(17(23)19-15)8-12(25)10-24/h3-7,9,12,24-25H,8,10H2,1-2H3/t12-/m1/s1. The zero-order valence-corrected chi connectivity index (χ0v) is 14.9. The largest absolute Gasteiger partial charge is 0.394 e. The Kier molecular flexibility index (Phi) is 3.97. The van der Waals surface area contributed by atoms with Gasteiger partial charge >= 0.3 is 5.69 Å². The monoisotopic (exact) mass is 369 g/mol. The number of hydrogen-bond donors (Lipinski definition) is 2. The van der Waals surface area contributed by atoms with Crippen molar-refractivity contribution < 1.29 is 10.2 Å². The summed E-state index contributed by atoms with van der Waals surface area (Å²) in [7, 11) is 2.98. The minimum absolute atomic E-state index is 0.0921. The first kappa shape index (κ1) is 17.3. The zero-order valence-electron chi connectivity index (χ0n) is 14.9. The number of fused-ring (bicyclic) bond motifs is 3. The second kappa shape index (κ2) is 6.22. The lowest BCUT2D eigenvalue weighted by atomic mass is 10.1. The van der Waals surface area contributed by atoms with Crippen LogP contribution in [0.1, 0.15) is 0 Å². The zero-order chi connectivity index (χ0) is 19.3. The number of aliphatic hydroxyl groups excluding tert-OH is 2. The van der Waals surface area contributed by atoms with E-state index in [4.69, 9.17) is 0 Å². The highest BCUT2D eigenvalue weighted by molar-refractivity contribution is 5.78. The van der Waals surface area contributed by atoms with Crippen molar-refractivity contribution in [2.45, 2.75) is 12.6 Å². The molecular formula is C18H19N5O4. The topological polar surface area (TPSA) is 107 Å². The van der Waals surface area contributed by atoms with Gasteiger partial charge in [0, 0.05) is 20.3 Å². The summed E-state index contributed by atoms with van der Waals surface area (Å²) < 4.78 is 5.72. The third-order valence-electron chi connectivity index (χ3n) is 4.73. The van der Waals surface area contributed by atoms with Crippen LogP contribution in [0.2, 0.25) is 0 Å². The van der Waals surface area contributed by atoms with Crippen LogP contribution in [0.5, 0.6) is 0 Å². The number of benzene rings is 1. The summed E-state index contributed by atoms with van der Waals surface area (Å²) in [6.45, 7) is -0.312. The van der Waals surface area contributed by atoms with E-state index in [0.717, 1.165) is 15.8 Å². The van der Waals surface area contributed by atoms with Crippen LogP contribution in [-0.2, 0) is 20.6 Å². The lowest BCUT2D eigenvalue weighted by Gasteiger charge is -2.12. The van der Waals surface area contributed by atoms with Crippen molar-refractivity contribution in [3.8, 4) is 11.3 Å². The van der Waals surface area contributed by atoms with Crippen LogP contribution in [0.4, 0.5) is 0 Å². The van der Waals surface area contributed by atoms with E-state index in [-0.39, 0.29) is 17.7 Å². The number of rotatable bonds is 4. The van der Waals surface area contributed by atoms with Crippen LogP contribution >= 0.6 is 0 Å². The fourth-order valence-electron chi connectivity index (χ4n) is 3.30. The minimum atomic E-state index is -0.991. The Morgan fingerprint density at radius 2 is 1.81 bits per heavy atom. The highest BCUT2D eigenvalue weighted by atomic mass is 16.3. The fraction of sp³-hybridized carbons (Fsp3) is 0.278. The number of aryl methyl sites for hydroxylation is 1. The molecule has 1 aromatic carbocycles. The van der Waals surface area contributed by atoms with Gasteiger partial charge in [0.25, 0.3) is 5.56 Å². The average Bonchev–Trinajstić information content (AvgIpc) is 3.22. The van der Waals surface area contributed by atoms with Crippen molar-refractivity contribution in [3.63, 3.8) is 0 Å². The molecule has 1 atom stereocenters. The van der Waals surface area contributed by atoms with Gasteiger partial charge in [-0.3, -0.25) is 18.3 Å². The summed E-state index contributed by atoms with van der Waals surface area (Å²) in [4.78, 5) is 29.4. The maximum atomic E-state index is 12.7. The second-order valence-electron chi connectivity index (χ2n) is 6.49. The summed E-state index contributed by atoms with van der Waals surface area (Å²) >= 11 is 0. The molecule has 140 valence electrons.